The summed E-state index contributed by atoms with van der Waals surface area (Å²) in [5.41, 5.74) is 1.75. The van der Waals surface area contributed by atoms with Gasteiger partial charge in [-0.15, -0.1) is 11.8 Å². The number of fused-ring (bicyclic) bond motifs is 2. The summed E-state index contributed by atoms with van der Waals surface area (Å²) in [5.74, 6) is 2.90. The first-order valence-corrected chi connectivity index (χ1v) is 10.4. The monoisotopic (exact) mass is 360 g/mol. The highest BCUT2D eigenvalue weighted by Crippen LogP contribution is 2.62. The van der Waals surface area contributed by atoms with Crippen LogP contribution >= 0.6 is 11.8 Å². The molecule has 0 bridgehead atoms. The maximum absolute atomic E-state index is 4.83. The first-order valence-electron chi connectivity index (χ1n) is 9.40. The van der Waals surface area contributed by atoms with Gasteiger partial charge in [-0.1, -0.05) is 54.6 Å². The molecule has 2 aromatic rings. The third kappa shape index (κ3) is 2.61. The molecule has 1 heterocycles. The minimum Gasteiger partial charge on any atom is -0.363 e. The van der Waals surface area contributed by atoms with Gasteiger partial charge in [0.1, 0.15) is 5.84 Å². The molecule has 0 spiro atoms. The normalized spacial score (nSPS) is 28.3. The molecule has 2 unspecified atom stereocenters. The summed E-state index contributed by atoms with van der Waals surface area (Å²) in [4.78, 5) is 6.22. The first-order chi connectivity index (χ1) is 12.6. The van der Waals surface area contributed by atoms with Crippen LogP contribution in [0.2, 0.25) is 0 Å². The van der Waals surface area contributed by atoms with Gasteiger partial charge in [-0.05, 0) is 43.0 Å². The van der Waals surface area contributed by atoms with Gasteiger partial charge in [0.05, 0.1) is 12.1 Å². The van der Waals surface area contributed by atoms with E-state index < -0.39 is 0 Å². The third-order valence-electron chi connectivity index (χ3n) is 5.86. The van der Waals surface area contributed by atoms with Crippen molar-refractivity contribution in [2.45, 2.75) is 30.7 Å². The van der Waals surface area contributed by atoms with Crippen molar-refractivity contribution in [1.82, 2.24) is 5.32 Å². The van der Waals surface area contributed by atoms with Crippen molar-refractivity contribution in [3.63, 3.8) is 0 Å². The fraction of sp³-hybridized carbons (Fsp3) is 0.348. The molecule has 132 valence electrons. The van der Waals surface area contributed by atoms with Crippen molar-refractivity contribution in [2.75, 3.05) is 12.3 Å². The minimum absolute atomic E-state index is 0.0751. The van der Waals surface area contributed by atoms with Crippen LogP contribution in [-0.2, 0) is 0 Å². The van der Waals surface area contributed by atoms with E-state index in [0.717, 1.165) is 18.1 Å². The second-order valence-corrected chi connectivity index (χ2v) is 9.39. The Morgan fingerprint density at radius 1 is 1.15 bits per heavy atom. The van der Waals surface area contributed by atoms with E-state index >= 15 is 0 Å². The van der Waals surface area contributed by atoms with Gasteiger partial charge in [-0.2, -0.15) is 0 Å². The second kappa shape index (κ2) is 5.75. The molecular weight excluding hydrogens is 336 g/mol. The fourth-order valence-electron chi connectivity index (χ4n) is 4.26. The fourth-order valence-corrected chi connectivity index (χ4v) is 5.68. The molecule has 3 aliphatic rings. The van der Waals surface area contributed by atoms with Gasteiger partial charge in [0.25, 0.3) is 0 Å². The van der Waals surface area contributed by atoms with Crippen molar-refractivity contribution >= 4 is 28.4 Å². The van der Waals surface area contributed by atoms with E-state index in [9.17, 15) is 0 Å². The van der Waals surface area contributed by atoms with Crippen LogP contribution in [0.15, 0.2) is 76.2 Å². The quantitative estimate of drug-likeness (QED) is 0.757. The molecule has 0 radical (unpaired) electrons. The Morgan fingerprint density at radius 3 is 2.85 bits per heavy atom. The van der Waals surface area contributed by atoms with Crippen LogP contribution in [0.5, 0.6) is 0 Å². The molecule has 0 aromatic heterocycles. The molecule has 2 aromatic carbocycles. The minimum atomic E-state index is 0.0751. The zero-order valence-electron chi connectivity index (χ0n) is 15.3. The molecule has 0 amide bonds. The van der Waals surface area contributed by atoms with Crippen molar-refractivity contribution < 1.29 is 0 Å². The number of hydrogen-bond acceptors (Lipinski definition) is 3. The summed E-state index contributed by atoms with van der Waals surface area (Å²) in [6, 6.07) is 15.3. The lowest BCUT2D eigenvalue weighted by Crippen LogP contribution is -2.41. The Labute approximate surface area is 159 Å². The van der Waals surface area contributed by atoms with Crippen LogP contribution in [0, 0.1) is 11.3 Å². The maximum atomic E-state index is 4.83. The number of aliphatic imine (C=N–C) groups is 1. The van der Waals surface area contributed by atoms with E-state index in [-0.39, 0.29) is 11.0 Å². The molecule has 1 N–H and O–H groups in total. The van der Waals surface area contributed by atoms with Crippen LogP contribution in [0.3, 0.4) is 0 Å². The summed E-state index contributed by atoms with van der Waals surface area (Å²) in [5, 5.41) is 6.34. The summed E-state index contributed by atoms with van der Waals surface area (Å²) in [6.07, 6.45) is 8.14. The van der Waals surface area contributed by atoms with E-state index in [0.29, 0.717) is 5.92 Å². The van der Waals surface area contributed by atoms with Gasteiger partial charge in [0.2, 0.25) is 0 Å². The van der Waals surface area contributed by atoms with E-state index in [4.69, 9.17) is 4.99 Å². The number of hydrogen-bond donors (Lipinski definition) is 1. The average Bonchev–Trinajstić information content (AvgIpc) is 3.28. The van der Waals surface area contributed by atoms with Crippen LogP contribution in [0.25, 0.3) is 10.8 Å². The molecule has 0 saturated heterocycles. The van der Waals surface area contributed by atoms with Gasteiger partial charge in [0.15, 0.2) is 0 Å². The lowest BCUT2D eigenvalue weighted by atomic mass is 9.90. The van der Waals surface area contributed by atoms with Crippen molar-refractivity contribution in [3.05, 3.63) is 66.3 Å². The number of nitrogens with one attached hydrogen (secondary N) is 1. The molecule has 5 rings (SSSR count). The van der Waals surface area contributed by atoms with Crippen molar-refractivity contribution in [1.29, 1.82) is 0 Å². The standard InChI is InChI=1S/C23H24N2S/c1-22(2)14-24-21(25-22)19-11-6-9-17-13-23(17,19)15-26-20-12-5-8-16-7-3-4-10-18(16)20/h3-12,17H,13-15H2,1-2H3,(H,24,25). The zero-order valence-corrected chi connectivity index (χ0v) is 16.1. The highest BCUT2D eigenvalue weighted by Gasteiger charge is 2.57. The Bertz CT molecular complexity index is 964. The zero-order chi connectivity index (χ0) is 17.8. The van der Waals surface area contributed by atoms with Crippen molar-refractivity contribution in [2.24, 2.45) is 16.3 Å². The van der Waals surface area contributed by atoms with Crippen molar-refractivity contribution in [3.8, 4) is 0 Å². The van der Waals surface area contributed by atoms with Crippen LogP contribution in [0.1, 0.15) is 20.3 Å². The molecule has 1 aliphatic heterocycles. The summed E-state index contributed by atoms with van der Waals surface area (Å²) < 4.78 is 0. The second-order valence-electron chi connectivity index (χ2n) is 8.37. The van der Waals surface area contributed by atoms with Crippen LogP contribution in [-0.4, -0.2) is 23.7 Å². The molecule has 2 atom stereocenters. The van der Waals surface area contributed by atoms with E-state index in [2.05, 4.69) is 79.9 Å². The lowest BCUT2D eigenvalue weighted by molar-refractivity contribution is 0.504. The van der Waals surface area contributed by atoms with Gasteiger partial charge in [-0.3, -0.25) is 4.99 Å². The summed E-state index contributed by atoms with van der Waals surface area (Å²) in [6.45, 7) is 5.32. The van der Waals surface area contributed by atoms with Crippen LogP contribution < -0.4 is 5.32 Å². The van der Waals surface area contributed by atoms with Crippen LogP contribution in [0.4, 0.5) is 0 Å². The number of rotatable bonds is 4. The summed E-state index contributed by atoms with van der Waals surface area (Å²) in [7, 11) is 0. The maximum Gasteiger partial charge on any atom is 0.125 e. The molecule has 2 nitrogen and oxygen atoms in total. The number of nitrogens with zero attached hydrogens (tertiary/aromatic N) is 1. The largest absolute Gasteiger partial charge is 0.363 e. The molecule has 26 heavy (non-hydrogen) atoms. The Hall–Kier alpha value is -2.00. The highest BCUT2D eigenvalue weighted by molar-refractivity contribution is 7.99. The average molecular weight is 361 g/mol. The lowest BCUT2D eigenvalue weighted by Gasteiger charge is -2.26. The molecular formula is C23H24N2S. The SMILES string of the molecule is CC1(C)CN=C(C2=CC=CC3CC23CSc2cccc3ccccc23)N1. The third-order valence-corrected chi connectivity index (χ3v) is 7.18. The van der Waals surface area contributed by atoms with Gasteiger partial charge in [-0.25, -0.2) is 0 Å². The Kier molecular flexibility index (Phi) is 3.58. The predicted molar refractivity (Wildman–Crippen MR) is 112 cm³/mol. The van der Waals surface area contributed by atoms with Gasteiger partial charge in [0, 0.05) is 21.6 Å². The van der Waals surface area contributed by atoms with Gasteiger partial charge < -0.3 is 5.32 Å². The molecule has 3 heteroatoms. The smallest absolute Gasteiger partial charge is 0.125 e. The Balaban J connectivity index is 1.41. The highest BCUT2D eigenvalue weighted by atomic mass is 32.2. The predicted octanol–water partition coefficient (Wildman–Crippen LogP) is 5.21. The number of allylic oxidation sites excluding steroid dienone is 3. The number of amidine groups is 1. The molecule has 2 aliphatic carbocycles. The first kappa shape index (κ1) is 16.2. The summed E-state index contributed by atoms with van der Waals surface area (Å²) >= 11 is 2.00. The van der Waals surface area contributed by atoms with E-state index in [1.165, 1.54) is 27.7 Å². The topological polar surface area (TPSA) is 24.4 Å². The number of thioether (sulfide) groups is 1. The molecule has 1 fully saturated rings. The van der Waals surface area contributed by atoms with E-state index in [1.54, 1.807) is 0 Å². The number of benzene rings is 2. The van der Waals surface area contributed by atoms with E-state index in [1.807, 2.05) is 11.8 Å². The Morgan fingerprint density at radius 2 is 2.00 bits per heavy atom. The molecule has 1 saturated carbocycles. The van der Waals surface area contributed by atoms with Gasteiger partial charge >= 0.3 is 0 Å².